The van der Waals surface area contributed by atoms with Gasteiger partial charge in [0.1, 0.15) is 5.75 Å². The standard InChI is InChI=1S/C14H18O5S/c1-14(2,13(15)16)7-9-8-20(17,18)12-5-4-10(19-3)6-11(9)12/h4-6,9H,7-8H2,1-3H3,(H,15,16). The van der Waals surface area contributed by atoms with Crippen LogP contribution in [-0.2, 0) is 14.6 Å². The normalized spacial score (nSPS) is 20.4. The molecular formula is C14H18O5S. The summed E-state index contributed by atoms with van der Waals surface area (Å²) in [6.07, 6.45) is 0.279. The number of sulfone groups is 1. The molecule has 20 heavy (non-hydrogen) atoms. The second-order valence-electron chi connectivity index (χ2n) is 5.78. The molecule has 0 bridgehead atoms. The number of aliphatic carboxylic acids is 1. The number of hydrogen-bond acceptors (Lipinski definition) is 4. The van der Waals surface area contributed by atoms with Crippen molar-refractivity contribution in [2.24, 2.45) is 5.41 Å². The van der Waals surface area contributed by atoms with Crippen molar-refractivity contribution in [2.75, 3.05) is 12.9 Å². The summed E-state index contributed by atoms with van der Waals surface area (Å²) in [5, 5.41) is 9.21. The highest BCUT2D eigenvalue weighted by Gasteiger charge is 2.40. The van der Waals surface area contributed by atoms with Crippen molar-refractivity contribution in [1.29, 1.82) is 0 Å². The van der Waals surface area contributed by atoms with Gasteiger partial charge in [-0.05, 0) is 44.0 Å². The first-order chi connectivity index (χ1) is 9.17. The van der Waals surface area contributed by atoms with E-state index in [0.717, 1.165) is 0 Å². The molecule has 0 aromatic heterocycles. The number of rotatable bonds is 4. The van der Waals surface area contributed by atoms with Gasteiger partial charge in [-0.25, -0.2) is 8.42 Å². The van der Waals surface area contributed by atoms with E-state index >= 15 is 0 Å². The lowest BCUT2D eigenvalue weighted by Gasteiger charge is -2.23. The maximum absolute atomic E-state index is 12.1. The zero-order chi connectivity index (χ0) is 15.1. The quantitative estimate of drug-likeness (QED) is 0.920. The minimum Gasteiger partial charge on any atom is -0.497 e. The predicted octanol–water partition coefficient (Wildman–Crippen LogP) is 2.07. The Morgan fingerprint density at radius 3 is 2.65 bits per heavy atom. The Morgan fingerprint density at radius 1 is 1.45 bits per heavy atom. The van der Waals surface area contributed by atoms with E-state index in [9.17, 15) is 18.3 Å². The van der Waals surface area contributed by atoms with E-state index in [4.69, 9.17) is 4.74 Å². The molecule has 1 heterocycles. The van der Waals surface area contributed by atoms with Crippen LogP contribution in [0, 0.1) is 5.41 Å². The van der Waals surface area contributed by atoms with Crippen LogP contribution in [0.4, 0.5) is 0 Å². The molecule has 0 saturated carbocycles. The highest BCUT2D eigenvalue weighted by molar-refractivity contribution is 7.91. The molecule has 2 rings (SSSR count). The smallest absolute Gasteiger partial charge is 0.309 e. The molecular weight excluding hydrogens is 280 g/mol. The number of methoxy groups -OCH3 is 1. The monoisotopic (exact) mass is 298 g/mol. The summed E-state index contributed by atoms with van der Waals surface area (Å²) >= 11 is 0. The van der Waals surface area contributed by atoms with Crippen LogP contribution >= 0.6 is 0 Å². The minimum absolute atomic E-state index is 0.0355. The van der Waals surface area contributed by atoms with E-state index in [1.54, 1.807) is 26.0 Å². The highest BCUT2D eigenvalue weighted by Crippen LogP contribution is 2.43. The van der Waals surface area contributed by atoms with Crippen molar-refractivity contribution in [2.45, 2.75) is 31.1 Å². The third-order valence-corrected chi connectivity index (χ3v) is 5.63. The fourth-order valence-corrected chi connectivity index (χ4v) is 4.44. The van der Waals surface area contributed by atoms with Crippen molar-refractivity contribution >= 4 is 15.8 Å². The minimum atomic E-state index is -3.33. The summed E-state index contributed by atoms with van der Waals surface area (Å²) in [6.45, 7) is 3.22. The summed E-state index contributed by atoms with van der Waals surface area (Å²) in [5.74, 6) is -0.687. The zero-order valence-electron chi connectivity index (χ0n) is 11.7. The summed E-state index contributed by atoms with van der Waals surface area (Å²) in [7, 11) is -1.81. The molecule has 1 aromatic carbocycles. The Hall–Kier alpha value is -1.56. The molecule has 5 nitrogen and oxygen atoms in total. The fraction of sp³-hybridized carbons (Fsp3) is 0.500. The van der Waals surface area contributed by atoms with Crippen LogP contribution in [0.3, 0.4) is 0 Å². The van der Waals surface area contributed by atoms with Gasteiger partial charge in [-0.2, -0.15) is 0 Å². The Labute approximate surface area is 118 Å². The molecule has 1 unspecified atom stereocenters. The van der Waals surface area contributed by atoms with Gasteiger partial charge < -0.3 is 9.84 Å². The molecule has 6 heteroatoms. The van der Waals surface area contributed by atoms with E-state index < -0.39 is 21.2 Å². The van der Waals surface area contributed by atoms with E-state index in [2.05, 4.69) is 0 Å². The molecule has 0 saturated heterocycles. The van der Waals surface area contributed by atoms with E-state index in [0.29, 0.717) is 16.2 Å². The van der Waals surface area contributed by atoms with Crippen LogP contribution in [0.1, 0.15) is 31.7 Å². The topological polar surface area (TPSA) is 80.7 Å². The predicted molar refractivity (Wildman–Crippen MR) is 73.8 cm³/mol. The number of carboxylic acid groups (broad SMARTS) is 1. The van der Waals surface area contributed by atoms with Gasteiger partial charge in [-0.1, -0.05) is 0 Å². The van der Waals surface area contributed by atoms with E-state index in [-0.39, 0.29) is 18.1 Å². The van der Waals surface area contributed by atoms with Crippen LogP contribution in [-0.4, -0.2) is 32.4 Å². The van der Waals surface area contributed by atoms with Crippen molar-refractivity contribution < 1.29 is 23.1 Å². The molecule has 0 aliphatic carbocycles. The number of carbonyl (C=O) groups is 1. The van der Waals surface area contributed by atoms with Crippen LogP contribution < -0.4 is 4.74 Å². The number of carboxylic acids is 1. The first-order valence-corrected chi connectivity index (χ1v) is 7.97. The van der Waals surface area contributed by atoms with Gasteiger partial charge in [0.2, 0.25) is 0 Å². The van der Waals surface area contributed by atoms with Gasteiger partial charge in [0, 0.05) is 5.92 Å². The second kappa shape index (κ2) is 4.77. The SMILES string of the molecule is COc1ccc2c(c1)C(CC(C)(C)C(=O)O)CS2(=O)=O. The van der Waals surface area contributed by atoms with Gasteiger partial charge in [0.25, 0.3) is 0 Å². The average Bonchev–Trinajstić information content (AvgIpc) is 2.59. The van der Waals surface area contributed by atoms with E-state index in [1.807, 2.05) is 0 Å². The lowest BCUT2D eigenvalue weighted by molar-refractivity contribution is -0.147. The third-order valence-electron chi connectivity index (χ3n) is 3.75. The van der Waals surface area contributed by atoms with Gasteiger partial charge in [-0.15, -0.1) is 0 Å². The maximum Gasteiger partial charge on any atom is 0.309 e. The Bertz CT molecular complexity index is 646. The maximum atomic E-state index is 12.1. The number of benzene rings is 1. The van der Waals surface area contributed by atoms with Crippen molar-refractivity contribution in [3.05, 3.63) is 23.8 Å². The van der Waals surface area contributed by atoms with Crippen molar-refractivity contribution in [1.82, 2.24) is 0 Å². The summed E-state index contributed by atoms with van der Waals surface area (Å²) in [5.41, 5.74) is -0.302. The van der Waals surface area contributed by atoms with Crippen molar-refractivity contribution in [3.63, 3.8) is 0 Å². The third kappa shape index (κ3) is 2.52. The van der Waals surface area contributed by atoms with Crippen LogP contribution in [0.15, 0.2) is 23.1 Å². The molecule has 1 N–H and O–H groups in total. The molecule has 0 amide bonds. The number of ether oxygens (including phenoxy) is 1. The Balaban J connectivity index is 2.43. The molecule has 110 valence electrons. The Morgan fingerprint density at radius 2 is 2.10 bits per heavy atom. The fourth-order valence-electron chi connectivity index (χ4n) is 2.57. The van der Waals surface area contributed by atoms with Gasteiger partial charge in [0.15, 0.2) is 9.84 Å². The highest BCUT2D eigenvalue weighted by atomic mass is 32.2. The zero-order valence-corrected chi connectivity index (χ0v) is 12.5. The second-order valence-corrected chi connectivity index (χ2v) is 7.78. The van der Waals surface area contributed by atoms with Gasteiger partial charge in [0.05, 0.1) is 23.2 Å². The van der Waals surface area contributed by atoms with Crippen molar-refractivity contribution in [3.8, 4) is 5.75 Å². The largest absolute Gasteiger partial charge is 0.497 e. The van der Waals surface area contributed by atoms with Crippen LogP contribution in [0.2, 0.25) is 0 Å². The summed E-state index contributed by atoms with van der Waals surface area (Å²) < 4.78 is 29.4. The molecule has 1 aliphatic rings. The van der Waals surface area contributed by atoms with Crippen LogP contribution in [0.25, 0.3) is 0 Å². The number of fused-ring (bicyclic) bond motifs is 1. The summed E-state index contributed by atoms with van der Waals surface area (Å²) in [4.78, 5) is 11.5. The molecule has 1 atom stereocenters. The summed E-state index contributed by atoms with van der Waals surface area (Å²) in [6, 6.07) is 4.85. The Kier molecular flexibility index (Phi) is 3.54. The first kappa shape index (κ1) is 14.8. The lowest BCUT2D eigenvalue weighted by atomic mass is 9.81. The first-order valence-electron chi connectivity index (χ1n) is 6.31. The number of hydrogen-bond donors (Lipinski definition) is 1. The molecule has 0 fully saturated rings. The molecule has 1 aliphatic heterocycles. The van der Waals surface area contributed by atoms with E-state index in [1.165, 1.54) is 13.2 Å². The molecule has 0 spiro atoms. The van der Waals surface area contributed by atoms with Crippen LogP contribution in [0.5, 0.6) is 5.75 Å². The van der Waals surface area contributed by atoms with Gasteiger partial charge >= 0.3 is 5.97 Å². The molecule has 0 radical (unpaired) electrons. The lowest BCUT2D eigenvalue weighted by Crippen LogP contribution is -2.26. The molecule has 1 aromatic rings. The average molecular weight is 298 g/mol. The van der Waals surface area contributed by atoms with Gasteiger partial charge in [-0.3, -0.25) is 4.79 Å².